The molecular weight excluding hydrogens is 292 g/mol. The van der Waals surface area contributed by atoms with Crippen LogP contribution < -0.4 is 0 Å². The topological polar surface area (TPSA) is 63.2 Å². The van der Waals surface area contributed by atoms with E-state index in [9.17, 15) is 0 Å². The minimum absolute atomic E-state index is 0.574. The molecule has 1 saturated heterocycles. The van der Waals surface area contributed by atoms with Gasteiger partial charge in [-0.15, -0.1) is 0 Å². The van der Waals surface area contributed by atoms with Crippen LogP contribution in [0.15, 0.2) is 16.8 Å². The summed E-state index contributed by atoms with van der Waals surface area (Å²) in [5.74, 6) is 1.41. The second kappa shape index (κ2) is 7.23. The SMILES string of the molecule is Cc1nc(CN(C)C2CCCN(Cc3ccnn3C)CC2)no1. The van der Waals surface area contributed by atoms with Crippen molar-refractivity contribution in [3.8, 4) is 0 Å². The van der Waals surface area contributed by atoms with Crippen LogP contribution in [0.2, 0.25) is 0 Å². The van der Waals surface area contributed by atoms with Crippen molar-refractivity contribution in [2.45, 2.75) is 45.3 Å². The molecule has 126 valence electrons. The third kappa shape index (κ3) is 4.17. The van der Waals surface area contributed by atoms with Crippen molar-refractivity contribution < 1.29 is 4.52 Å². The van der Waals surface area contributed by atoms with Crippen molar-refractivity contribution in [3.05, 3.63) is 29.7 Å². The summed E-state index contributed by atoms with van der Waals surface area (Å²) in [6.07, 6.45) is 5.48. The van der Waals surface area contributed by atoms with E-state index in [2.05, 4.69) is 38.2 Å². The molecule has 7 heteroatoms. The Kier molecular flexibility index (Phi) is 5.07. The zero-order valence-corrected chi connectivity index (χ0v) is 14.3. The van der Waals surface area contributed by atoms with E-state index in [0.29, 0.717) is 11.9 Å². The monoisotopic (exact) mass is 318 g/mol. The van der Waals surface area contributed by atoms with Gasteiger partial charge in [-0.05, 0) is 38.9 Å². The molecule has 2 aromatic heterocycles. The molecule has 0 aromatic carbocycles. The van der Waals surface area contributed by atoms with E-state index in [1.165, 1.54) is 25.0 Å². The summed E-state index contributed by atoms with van der Waals surface area (Å²) in [7, 11) is 4.17. The molecule has 0 N–H and O–H groups in total. The van der Waals surface area contributed by atoms with E-state index in [4.69, 9.17) is 4.52 Å². The molecule has 1 atom stereocenters. The minimum Gasteiger partial charge on any atom is -0.340 e. The Morgan fingerprint density at radius 3 is 2.91 bits per heavy atom. The maximum absolute atomic E-state index is 5.06. The molecule has 0 spiro atoms. The molecule has 2 aromatic rings. The molecule has 0 bridgehead atoms. The van der Waals surface area contributed by atoms with Gasteiger partial charge in [-0.1, -0.05) is 5.16 Å². The highest BCUT2D eigenvalue weighted by Gasteiger charge is 2.22. The van der Waals surface area contributed by atoms with Gasteiger partial charge in [-0.3, -0.25) is 14.5 Å². The minimum atomic E-state index is 0.574. The van der Waals surface area contributed by atoms with Gasteiger partial charge in [0.1, 0.15) is 0 Å². The van der Waals surface area contributed by atoms with Crippen molar-refractivity contribution in [2.75, 3.05) is 20.1 Å². The summed E-state index contributed by atoms with van der Waals surface area (Å²) < 4.78 is 7.03. The quantitative estimate of drug-likeness (QED) is 0.834. The lowest BCUT2D eigenvalue weighted by Crippen LogP contribution is -2.33. The van der Waals surface area contributed by atoms with Crippen LogP contribution in [0.5, 0.6) is 0 Å². The molecular formula is C16H26N6O. The van der Waals surface area contributed by atoms with Crippen molar-refractivity contribution in [1.29, 1.82) is 0 Å². The van der Waals surface area contributed by atoms with Crippen LogP contribution in [0.3, 0.4) is 0 Å². The van der Waals surface area contributed by atoms with Crippen LogP contribution >= 0.6 is 0 Å². The van der Waals surface area contributed by atoms with E-state index in [0.717, 1.165) is 32.0 Å². The molecule has 1 aliphatic heterocycles. The zero-order valence-electron chi connectivity index (χ0n) is 14.3. The Bertz CT molecular complexity index is 622. The number of rotatable bonds is 5. The summed E-state index contributed by atoms with van der Waals surface area (Å²) in [5.41, 5.74) is 1.28. The smallest absolute Gasteiger partial charge is 0.223 e. The highest BCUT2D eigenvalue weighted by atomic mass is 16.5. The number of likely N-dealkylation sites (tertiary alicyclic amines) is 1. The Balaban J connectivity index is 1.52. The lowest BCUT2D eigenvalue weighted by molar-refractivity contribution is 0.199. The normalized spacial score (nSPS) is 20.1. The van der Waals surface area contributed by atoms with Gasteiger partial charge >= 0.3 is 0 Å². The fraction of sp³-hybridized carbons (Fsp3) is 0.688. The van der Waals surface area contributed by atoms with Gasteiger partial charge in [-0.25, -0.2) is 0 Å². The van der Waals surface area contributed by atoms with E-state index < -0.39 is 0 Å². The van der Waals surface area contributed by atoms with E-state index in [1.54, 1.807) is 0 Å². The Hall–Kier alpha value is -1.73. The van der Waals surface area contributed by atoms with E-state index in [1.807, 2.05) is 24.9 Å². The van der Waals surface area contributed by atoms with Crippen LogP contribution in [0.4, 0.5) is 0 Å². The second-order valence-corrected chi connectivity index (χ2v) is 6.45. The van der Waals surface area contributed by atoms with Gasteiger partial charge < -0.3 is 4.52 Å². The number of aromatic nitrogens is 4. The molecule has 7 nitrogen and oxygen atoms in total. The number of aryl methyl sites for hydroxylation is 2. The standard InChI is InChI=1S/C16H26N6O/c1-13-18-16(19-23-13)12-20(2)14-5-4-9-22(10-7-14)11-15-6-8-17-21(15)3/h6,8,14H,4-5,7,9-12H2,1-3H3. The van der Waals surface area contributed by atoms with Gasteiger partial charge in [0.25, 0.3) is 0 Å². The number of hydrogen-bond acceptors (Lipinski definition) is 6. The highest BCUT2D eigenvalue weighted by molar-refractivity contribution is 5.00. The summed E-state index contributed by atoms with van der Waals surface area (Å²) in [6, 6.07) is 2.68. The Morgan fingerprint density at radius 1 is 1.35 bits per heavy atom. The Labute approximate surface area is 137 Å². The van der Waals surface area contributed by atoms with Gasteiger partial charge in [0.15, 0.2) is 5.82 Å². The van der Waals surface area contributed by atoms with Crippen LogP contribution in [0, 0.1) is 6.92 Å². The van der Waals surface area contributed by atoms with Crippen molar-refractivity contribution in [3.63, 3.8) is 0 Å². The first kappa shape index (κ1) is 16.1. The fourth-order valence-electron chi connectivity index (χ4n) is 3.28. The van der Waals surface area contributed by atoms with Gasteiger partial charge in [0.2, 0.25) is 5.89 Å². The van der Waals surface area contributed by atoms with Crippen molar-refractivity contribution >= 4 is 0 Å². The first-order valence-corrected chi connectivity index (χ1v) is 8.30. The average Bonchev–Trinajstić information content (AvgIpc) is 3.02. The molecule has 0 amide bonds. The maximum Gasteiger partial charge on any atom is 0.223 e. The summed E-state index contributed by atoms with van der Waals surface area (Å²) >= 11 is 0. The molecule has 1 aliphatic rings. The highest BCUT2D eigenvalue weighted by Crippen LogP contribution is 2.18. The zero-order chi connectivity index (χ0) is 16.2. The summed E-state index contributed by atoms with van der Waals surface area (Å²) in [6.45, 7) is 5.83. The molecule has 1 fully saturated rings. The lowest BCUT2D eigenvalue weighted by atomic mass is 10.1. The van der Waals surface area contributed by atoms with Gasteiger partial charge in [0.05, 0.1) is 12.2 Å². The maximum atomic E-state index is 5.06. The van der Waals surface area contributed by atoms with E-state index >= 15 is 0 Å². The van der Waals surface area contributed by atoms with Crippen molar-refractivity contribution in [2.24, 2.45) is 7.05 Å². The summed E-state index contributed by atoms with van der Waals surface area (Å²) in [4.78, 5) is 9.19. The fourth-order valence-corrected chi connectivity index (χ4v) is 3.28. The molecule has 0 aliphatic carbocycles. The largest absolute Gasteiger partial charge is 0.340 e. The van der Waals surface area contributed by atoms with Crippen molar-refractivity contribution in [1.82, 2.24) is 29.7 Å². The molecule has 0 saturated carbocycles. The van der Waals surface area contributed by atoms with Crippen LogP contribution in [-0.4, -0.2) is 55.9 Å². The number of hydrogen-bond donors (Lipinski definition) is 0. The number of nitrogens with zero attached hydrogens (tertiary/aromatic N) is 6. The van der Waals surface area contributed by atoms with E-state index in [-0.39, 0.29) is 0 Å². The molecule has 3 rings (SSSR count). The van der Waals surface area contributed by atoms with Crippen LogP contribution in [0.1, 0.15) is 36.7 Å². The Morgan fingerprint density at radius 2 is 2.22 bits per heavy atom. The predicted octanol–water partition coefficient (Wildman–Crippen LogP) is 1.60. The first-order valence-electron chi connectivity index (χ1n) is 8.30. The first-order chi connectivity index (χ1) is 11.1. The van der Waals surface area contributed by atoms with Gasteiger partial charge in [-0.2, -0.15) is 10.1 Å². The summed E-state index contributed by atoms with van der Waals surface area (Å²) in [5, 5.41) is 8.26. The molecule has 0 radical (unpaired) electrons. The molecule has 23 heavy (non-hydrogen) atoms. The van der Waals surface area contributed by atoms with Gasteiger partial charge in [0, 0.05) is 39.3 Å². The molecule has 3 heterocycles. The van der Waals surface area contributed by atoms with Crippen LogP contribution in [-0.2, 0) is 20.1 Å². The third-order valence-corrected chi connectivity index (χ3v) is 4.68. The third-order valence-electron chi connectivity index (χ3n) is 4.68. The molecule has 1 unspecified atom stereocenters. The average molecular weight is 318 g/mol. The predicted molar refractivity (Wildman–Crippen MR) is 86.6 cm³/mol. The lowest BCUT2D eigenvalue weighted by Gasteiger charge is -2.26. The van der Waals surface area contributed by atoms with Crippen LogP contribution in [0.25, 0.3) is 0 Å². The second-order valence-electron chi connectivity index (χ2n) is 6.45.